The molecule has 0 bridgehead atoms. The maximum atomic E-state index is 12.8. The van der Waals surface area contributed by atoms with E-state index in [4.69, 9.17) is 17.0 Å². The molecule has 164 valence electrons. The Bertz CT molecular complexity index is 1100. The van der Waals surface area contributed by atoms with Crippen molar-refractivity contribution in [2.75, 3.05) is 23.9 Å². The largest absolute Gasteiger partial charge is 0.494 e. The molecule has 0 radical (unpaired) electrons. The van der Waals surface area contributed by atoms with Crippen LogP contribution in [0.5, 0.6) is 5.75 Å². The molecule has 2 amide bonds. The van der Waals surface area contributed by atoms with Crippen molar-refractivity contribution in [2.45, 2.75) is 13.3 Å². The van der Waals surface area contributed by atoms with E-state index in [-0.39, 0.29) is 16.9 Å². The molecule has 0 heterocycles. The van der Waals surface area contributed by atoms with E-state index in [2.05, 4.69) is 10.6 Å². The van der Waals surface area contributed by atoms with E-state index in [0.717, 1.165) is 12.1 Å². The molecule has 0 unspecified atom stereocenters. The van der Waals surface area contributed by atoms with E-state index in [1.165, 1.54) is 0 Å². The molecule has 0 aliphatic heterocycles. The lowest BCUT2D eigenvalue weighted by Crippen LogP contribution is -2.34. The number of rotatable bonds is 7. The molecule has 0 saturated heterocycles. The van der Waals surface area contributed by atoms with Gasteiger partial charge in [-0.15, -0.1) is 0 Å². The Labute approximate surface area is 193 Å². The third kappa shape index (κ3) is 6.15. The predicted molar refractivity (Wildman–Crippen MR) is 132 cm³/mol. The van der Waals surface area contributed by atoms with E-state index in [1.807, 2.05) is 37.3 Å². The Kier molecular flexibility index (Phi) is 7.94. The average Bonchev–Trinajstić information content (AvgIpc) is 2.82. The number of hydrogen-bond acceptors (Lipinski definition) is 4. The second-order valence-corrected chi connectivity index (χ2v) is 7.47. The lowest BCUT2D eigenvalue weighted by Gasteiger charge is -2.18. The Morgan fingerprint density at radius 3 is 2.41 bits per heavy atom. The van der Waals surface area contributed by atoms with Crippen molar-refractivity contribution in [3.8, 4) is 5.75 Å². The van der Waals surface area contributed by atoms with Crippen molar-refractivity contribution in [3.05, 3.63) is 90.0 Å². The van der Waals surface area contributed by atoms with Gasteiger partial charge in [-0.1, -0.05) is 37.3 Å². The topological polar surface area (TPSA) is 70.7 Å². The standard InChI is InChI=1S/C25H25N3O3S/c1-3-15-31-22-14-8-9-18(17-22)23(29)27-25(32)26-20-11-7-10-19(16-20)24(30)28(2)21-12-5-4-6-13-21/h4-14,16-17H,3,15H2,1-2H3,(H2,26,27,29,32). The molecule has 3 aromatic carbocycles. The lowest BCUT2D eigenvalue weighted by molar-refractivity contribution is 0.0973. The highest BCUT2D eigenvalue weighted by atomic mass is 32.1. The summed E-state index contributed by atoms with van der Waals surface area (Å²) in [7, 11) is 1.72. The molecular formula is C25H25N3O3S. The number of benzene rings is 3. The summed E-state index contributed by atoms with van der Waals surface area (Å²) in [6, 6.07) is 23.3. The molecule has 0 aliphatic rings. The van der Waals surface area contributed by atoms with E-state index in [1.54, 1.807) is 60.5 Å². The fraction of sp³-hybridized carbons (Fsp3) is 0.160. The van der Waals surface area contributed by atoms with Gasteiger partial charge in [0.15, 0.2) is 5.11 Å². The monoisotopic (exact) mass is 447 g/mol. The molecule has 0 spiro atoms. The SMILES string of the molecule is CCCOc1cccc(C(=O)NC(=S)Nc2cccc(C(=O)N(C)c3ccccc3)c2)c1. The van der Waals surface area contributed by atoms with Gasteiger partial charge in [0, 0.05) is 29.5 Å². The van der Waals surface area contributed by atoms with E-state index >= 15 is 0 Å². The first-order valence-electron chi connectivity index (χ1n) is 10.3. The molecule has 2 N–H and O–H groups in total. The molecule has 0 aromatic heterocycles. The first-order chi connectivity index (χ1) is 15.5. The van der Waals surface area contributed by atoms with Gasteiger partial charge in [-0.05, 0) is 67.2 Å². The smallest absolute Gasteiger partial charge is 0.258 e. The van der Waals surface area contributed by atoms with Crippen LogP contribution in [0.15, 0.2) is 78.9 Å². The Hall–Kier alpha value is -3.71. The fourth-order valence-corrected chi connectivity index (χ4v) is 3.19. The summed E-state index contributed by atoms with van der Waals surface area (Å²) in [5.74, 6) is 0.131. The minimum atomic E-state index is -0.347. The summed E-state index contributed by atoms with van der Waals surface area (Å²) < 4.78 is 5.57. The summed E-state index contributed by atoms with van der Waals surface area (Å²) in [5, 5.41) is 5.75. The summed E-state index contributed by atoms with van der Waals surface area (Å²) in [6.07, 6.45) is 0.882. The van der Waals surface area contributed by atoms with E-state index in [0.29, 0.717) is 29.2 Å². The number of nitrogens with one attached hydrogen (secondary N) is 2. The van der Waals surface area contributed by atoms with Crippen LogP contribution in [0.3, 0.4) is 0 Å². The Morgan fingerprint density at radius 1 is 0.938 bits per heavy atom. The maximum Gasteiger partial charge on any atom is 0.258 e. The van der Waals surface area contributed by atoms with Crippen molar-refractivity contribution < 1.29 is 14.3 Å². The van der Waals surface area contributed by atoms with Crippen LogP contribution in [0.2, 0.25) is 0 Å². The molecule has 0 atom stereocenters. The Morgan fingerprint density at radius 2 is 1.66 bits per heavy atom. The highest BCUT2D eigenvalue weighted by Crippen LogP contribution is 2.18. The van der Waals surface area contributed by atoms with Gasteiger partial charge < -0.3 is 15.0 Å². The lowest BCUT2D eigenvalue weighted by atomic mass is 10.1. The highest BCUT2D eigenvalue weighted by Gasteiger charge is 2.14. The quantitative estimate of drug-likeness (QED) is 0.505. The number of carbonyl (C=O) groups is 2. The zero-order valence-corrected chi connectivity index (χ0v) is 18.8. The van der Waals surface area contributed by atoms with Gasteiger partial charge in [-0.2, -0.15) is 0 Å². The van der Waals surface area contributed by atoms with Crippen LogP contribution < -0.4 is 20.3 Å². The van der Waals surface area contributed by atoms with Crippen molar-refractivity contribution in [2.24, 2.45) is 0 Å². The van der Waals surface area contributed by atoms with Crippen molar-refractivity contribution in [3.63, 3.8) is 0 Å². The zero-order chi connectivity index (χ0) is 22.9. The molecule has 6 nitrogen and oxygen atoms in total. The van der Waals surface area contributed by atoms with E-state index < -0.39 is 0 Å². The normalized spacial score (nSPS) is 10.2. The van der Waals surface area contributed by atoms with Crippen LogP contribution in [0, 0.1) is 0 Å². The average molecular weight is 448 g/mol. The van der Waals surface area contributed by atoms with Crippen LogP contribution >= 0.6 is 12.2 Å². The number of carbonyl (C=O) groups excluding carboxylic acids is 2. The van der Waals surface area contributed by atoms with Gasteiger partial charge >= 0.3 is 0 Å². The third-order valence-electron chi connectivity index (χ3n) is 4.61. The van der Waals surface area contributed by atoms with Gasteiger partial charge in [0.2, 0.25) is 0 Å². The number of hydrogen-bond donors (Lipinski definition) is 2. The molecule has 7 heteroatoms. The number of amides is 2. The first-order valence-corrected chi connectivity index (χ1v) is 10.7. The molecular weight excluding hydrogens is 422 g/mol. The van der Waals surface area contributed by atoms with Crippen molar-refractivity contribution in [1.29, 1.82) is 0 Å². The maximum absolute atomic E-state index is 12.8. The number of thiocarbonyl (C=S) groups is 1. The number of para-hydroxylation sites is 1. The van der Waals surface area contributed by atoms with Gasteiger partial charge in [0.05, 0.1) is 6.61 Å². The first kappa shape index (κ1) is 23.0. The second-order valence-electron chi connectivity index (χ2n) is 7.07. The van der Waals surface area contributed by atoms with Crippen LogP contribution in [-0.4, -0.2) is 30.6 Å². The van der Waals surface area contributed by atoms with Gasteiger partial charge in [0.25, 0.3) is 11.8 Å². The summed E-state index contributed by atoms with van der Waals surface area (Å²) in [4.78, 5) is 27.0. The number of ether oxygens (including phenoxy) is 1. The summed E-state index contributed by atoms with van der Waals surface area (Å²) in [6.45, 7) is 2.60. The molecule has 3 aromatic rings. The Balaban J connectivity index is 1.63. The minimum Gasteiger partial charge on any atom is -0.494 e. The van der Waals surface area contributed by atoms with Gasteiger partial charge in [-0.25, -0.2) is 0 Å². The third-order valence-corrected chi connectivity index (χ3v) is 4.82. The van der Waals surface area contributed by atoms with E-state index in [9.17, 15) is 9.59 Å². The molecule has 0 fully saturated rings. The molecule has 3 rings (SSSR count). The second kappa shape index (κ2) is 11.1. The molecule has 0 saturated carbocycles. The van der Waals surface area contributed by atoms with Crippen molar-refractivity contribution in [1.82, 2.24) is 5.32 Å². The number of anilines is 2. The van der Waals surface area contributed by atoms with Crippen LogP contribution in [0.1, 0.15) is 34.1 Å². The van der Waals surface area contributed by atoms with Gasteiger partial charge in [0.1, 0.15) is 5.75 Å². The number of nitrogens with zero attached hydrogens (tertiary/aromatic N) is 1. The van der Waals surface area contributed by atoms with Crippen LogP contribution in [-0.2, 0) is 0 Å². The zero-order valence-electron chi connectivity index (χ0n) is 18.0. The molecule has 32 heavy (non-hydrogen) atoms. The van der Waals surface area contributed by atoms with Crippen LogP contribution in [0.25, 0.3) is 0 Å². The van der Waals surface area contributed by atoms with Crippen LogP contribution in [0.4, 0.5) is 11.4 Å². The molecule has 0 aliphatic carbocycles. The minimum absolute atomic E-state index is 0.135. The van der Waals surface area contributed by atoms with Crippen molar-refractivity contribution >= 4 is 40.5 Å². The van der Waals surface area contributed by atoms with Gasteiger partial charge in [-0.3, -0.25) is 14.9 Å². The summed E-state index contributed by atoms with van der Waals surface area (Å²) in [5.41, 5.74) is 2.33. The predicted octanol–water partition coefficient (Wildman–Crippen LogP) is 4.88. The highest BCUT2D eigenvalue weighted by molar-refractivity contribution is 7.80. The summed E-state index contributed by atoms with van der Waals surface area (Å²) >= 11 is 5.28. The fourth-order valence-electron chi connectivity index (χ4n) is 2.98.